The highest BCUT2D eigenvalue weighted by atomic mass is 16.5. The number of ether oxygens (including phenoxy) is 1. The molecule has 0 unspecified atom stereocenters. The Morgan fingerprint density at radius 1 is 1.08 bits per heavy atom. The van der Waals surface area contributed by atoms with Gasteiger partial charge in [-0.05, 0) is 26.7 Å². The van der Waals surface area contributed by atoms with E-state index in [1.807, 2.05) is 0 Å². The lowest BCUT2D eigenvalue weighted by Gasteiger charge is -2.46. The van der Waals surface area contributed by atoms with Crippen LogP contribution in [0.5, 0.6) is 0 Å². The lowest BCUT2D eigenvalue weighted by atomic mass is 9.73. The highest BCUT2D eigenvalue weighted by Crippen LogP contribution is 2.39. The van der Waals surface area contributed by atoms with Crippen LogP contribution in [-0.2, 0) is 4.74 Å². The Kier molecular flexibility index (Phi) is 2.37. The standard InChI is InChI=1S/C11H21NO/c1-10(2)12-8-11(9-13-10)6-4-3-5-7-11/h12H,3-9H2,1-2H3. The lowest BCUT2D eigenvalue weighted by molar-refractivity contribution is -0.133. The van der Waals surface area contributed by atoms with Crippen LogP contribution < -0.4 is 5.32 Å². The van der Waals surface area contributed by atoms with Gasteiger partial charge in [-0.1, -0.05) is 19.3 Å². The molecule has 2 heteroatoms. The molecule has 2 rings (SSSR count). The van der Waals surface area contributed by atoms with E-state index < -0.39 is 0 Å². The number of nitrogens with one attached hydrogen (secondary N) is 1. The minimum atomic E-state index is -0.0945. The highest BCUT2D eigenvalue weighted by molar-refractivity contribution is 4.90. The van der Waals surface area contributed by atoms with Gasteiger partial charge in [0.2, 0.25) is 0 Å². The van der Waals surface area contributed by atoms with E-state index in [-0.39, 0.29) is 5.72 Å². The Morgan fingerprint density at radius 3 is 2.31 bits per heavy atom. The largest absolute Gasteiger partial charge is 0.361 e. The predicted octanol–water partition coefficient (Wildman–Crippen LogP) is 2.29. The van der Waals surface area contributed by atoms with Gasteiger partial charge in [-0.15, -0.1) is 0 Å². The number of hydrogen-bond acceptors (Lipinski definition) is 2. The van der Waals surface area contributed by atoms with Crippen LogP contribution in [0, 0.1) is 5.41 Å². The van der Waals surface area contributed by atoms with Crippen molar-refractivity contribution in [3.63, 3.8) is 0 Å². The minimum Gasteiger partial charge on any atom is -0.361 e. The van der Waals surface area contributed by atoms with Gasteiger partial charge in [-0.25, -0.2) is 0 Å². The van der Waals surface area contributed by atoms with Gasteiger partial charge in [0.05, 0.1) is 6.61 Å². The van der Waals surface area contributed by atoms with Crippen molar-refractivity contribution >= 4 is 0 Å². The van der Waals surface area contributed by atoms with E-state index in [2.05, 4.69) is 19.2 Å². The molecule has 2 fully saturated rings. The van der Waals surface area contributed by atoms with Crippen molar-refractivity contribution in [3.05, 3.63) is 0 Å². The molecule has 1 N–H and O–H groups in total. The zero-order valence-electron chi connectivity index (χ0n) is 8.86. The molecule has 1 aliphatic carbocycles. The molecule has 1 saturated carbocycles. The molecule has 0 atom stereocenters. The number of rotatable bonds is 0. The molecule has 0 radical (unpaired) electrons. The van der Waals surface area contributed by atoms with Crippen LogP contribution in [0.4, 0.5) is 0 Å². The normalized spacial score (nSPS) is 31.8. The smallest absolute Gasteiger partial charge is 0.113 e. The van der Waals surface area contributed by atoms with E-state index in [9.17, 15) is 0 Å². The summed E-state index contributed by atoms with van der Waals surface area (Å²) in [6, 6.07) is 0. The van der Waals surface area contributed by atoms with Crippen molar-refractivity contribution in [3.8, 4) is 0 Å². The fraction of sp³-hybridized carbons (Fsp3) is 1.00. The van der Waals surface area contributed by atoms with Gasteiger partial charge in [0.1, 0.15) is 5.72 Å². The van der Waals surface area contributed by atoms with Gasteiger partial charge >= 0.3 is 0 Å². The molecule has 76 valence electrons. The maximum atomic E-state index is 5.85. The summed E-state index contributed by atoms with van der Waals surface area (Å²) in [6.07, 6.45) is 6.92. The van der Waals surface area contributed by atoms with Gasteiger partial charge < -0.3 is 4.74 Å². The van der Waals surface area contributed by atoms with Crippen molar-refractivity contribution < 1.29 is 4.74 Å². The monoisotopic (exact) mass is 183 g/mol. The van der Waals surface area contributed by atoms with Crippen LogP contribution in [0.3, 0.4) is 0 Å². The molecular weight excluding hydrogens is 162 g/mol. The SMILES string of the molecule is CC1(C)NCC2(CCCCC2)CO1. The molecule has 1 heterocycles. The molecule has 13 heavy (non-hydrogen) atoms. The predicted molar refractivity (Wildman–Crippen MR) is 53.6 cm³/mol. The van der Waals surface area contributed by atoms with Crippen molar-refractivity contribution in [2.75, 3.05) is 13.2 Å². The van der Waals surface area contributed by atoms with Crippen molar-refractivity contribution in [1.82, 2.24) is 5.32 Å². The first-order chi connectivity index (χ1) is 6.12. The second kappa shape index (κ2) is 3.25. The quantitative estimate of drug-likeness (QED) is 0.622. The first kappa shape index (κ1) is 9.47. The molecule has 0 amide bonds. The summed E-state index contributed by atoms with van der Waals surface area (Å²) in [5, 5.41) is 3.50. The first-order valence-electron chi connectivity index (χ1n) is 5.51. The van der Waals surface area contributed by atoms with Gasteiger partial charge in [0.15, 0.2) is 0 Å². The maximum Gasteiger partial charge on any atom is 0.113 e. The Labute approximate surface area is 81.0 Å². The topological polar surface area (TPSA) is 21.3 Å². The average molecular weight is 183 g/mol. The van der Waals surface area contributed by atoms with Crippen LogP contribution in [0.25, 0.3) is 0 Å². The average Bonchev–Trinajstić information content (AvgIpc) is 2.13. The van der Waals surface area contributed by atoms with Crippen LogP contribution in [0.1, 0.15) is 46.0 Å². The van der Waals surface area contributed by atoms with Gasteiger partial charge in [-0.3, -0.25) is 5.32 Å². The van der Waals surface area contributed by atoms with Crippen LogP contribution in [0.2, 0.25) is 0 Å². The zero-order valence-corrected chi connectivity index (χ0v) is 8.86. The third-order valence-electron chi connectivity index (χ3n) is 3.54. The van der Waals surface area contributed by atoms with E-state index >= 15 is 0 Å². The highest BCUT2D eigenvalue weighted by Gasteiger charge is 2.39. The van der Waals surface area contributed by atoms with Crippen molar-refractivity contribution in [1.29, 1.82) is 0 Å². The summed E-state index contributed by atoms with van der Waals surface area (Å²) < 4.78 is 5.85. The lowest BCUT2D eigenvalue weighted by Crippen LogP contribution is -2.56. The first-order valence-corrected chi connectivity index (χ1v) is 5.51. The minimum absolute atomic E-state index is 0.0945. The van der Waals surface area contributed by atoms with Crippen molar-refractivity contribution in [2.45, 2.75) is 51.7 Å². The second-order valence-electron chi connectivity index (χ2n) is 5.21. The van der Waals surface area contributed by atoms with E-state index in [1.54, 1.807) is 0 Å². The summed E-state index contributed by atoms with van der Waals surface area (Å²) in [5.74, 6) is 0. The van der Waals surface area contributed by atoms with Crippen molar-refractivity contribution in [2.24, 2.45) is 5.41 Å². The van der Waals surface area contributed by atoms with Crippen LogP contribution in [-0.4, -0.2) is 18.9 Å². The molecule has 0 aromatic carbocycles. The van der Waals surface area contributed by atoms with Crippen LogP contribution in [0.15, 0.2) is 0 Å². The molecule has 0 aromatic rings. The molecule has 0 bridgehead atoms. The zero-order chi connectivity index (χ0) is 9.36. The third kappa shape index (κ3) is 2.05. The molecule has 2 nitrogen and oxygen atoms in total. The molecule has 0 aromatic heterocycles. The van der Waals surface area contributed by atoms with Crippen LogP contribution >= 0.6 is 0 Å². The molecule has 1 saturated heterocycles. The Morgan fingerprint density at radius 2 is 1.77 bits per heavy atom. The fourth-order valence-corrected chi connectivity index (χ4v) is 2.46. The Hall–Kier alpha value is -0.0800. The van der Waals surface area contributed by atoms with E-state index in [0.717, 1.165) is 13.2 Å². The van der Waals surface area contributed by atoms with Gasteiger partial charge in [0, 0.05) is 12.0 Å². The molecule has 1 aliphatic heterocycles. The summed E-state index contributed by atoms with van der Waals surface area (Å²) in [5.41, 5.74) is 0.385. The van der Waals surface area contributed by atoms with E-state index in [4.69, 9.17) is 4.74 Å². The summed E-state index contributed by atoms with van der Waals surface area (Å²) in [6.45, 7) is 6.35. The molecular formula is C11H21NO. The fourth-order valence-electron chi connectivity index (χ4n) is 2.46. The number of hydrogen-bond donors (Lipinski definition) is 1. The summed E-state index contributed by atoms with van der Waals surface area (Å²) >= 11 is 0. The molecule has 1 spiro atoms. The van der Waals surface area contributed by atoms with Gasteiger partial charge in [0.25, 0.3) is 0 Å². The molecule has 2 aliphatic rings. The van der Waals surface area contributed by atoms with E-state index in [0.29, 0.717) is 5.41 Å². The van der Waals surface area contributed by atoms with Gasteiger partial charge in [-0.2, -0.15) is 0 Å². The maximum absolute atomic E-state index is 5.85. The Bertz CT molecular complexity index is 171. The van der Waals surface area contributed by atoms with E-state index in [1.165, 1.54) is 32.1 Å². The Balaban J connectivity index is 1.95. The summed E-state index contributed by atoms with van der Waals surface area (Å²) in [4.78, 5) is 0. The summed E-state index contributed by atoms with van der Waals surface area (Å²) in [7, 11) is 0. The third-order valence-corrected chi connectivity index (χ3v) is 3.54. The second-order valence-corrected chi connectivity index (χ2v) is 5.21.